The number of nitrogens with one attached hydrogen (secondary N) is 1. The summed E-state index contributed by atoms with van der Waals surface area (Å²) in [5.74, 6) is -0.0711. The van der Waals surface area contributed by atoms with Crippen LogP contribution in [0.25, 0.3) is 0 Å². The lowest BCUT2D eigenvalue weighted by Crippen LogP contribution is -2.29. The van der Waals surface area contributed by atoms with Crippen molar-refractivity contribution < 1.29 is 4.79 Å². The standard InChI is InChI=1S/C14H15ClN2O/c1-10(11-6-4-3-5-7-11)17(2)14(18)13-8-12(15)9-16-13/h3-10,16H,1-2H3. The highest BCUT2D eigenvalue weighted by Crippen LogP contribution is 2.20. The van der Waals surface area contributed by atoms with Gasteiger partial charge in [-0.15, -0.1) is 0 Å². The Kier molecular flexibility index (Phi) is 3.72. The fourth-order valence-electron chi connectivity index (χ4n) is 1.81. The number of nitrogens with zero attached hydrogens (tertiary/aromatic N) is 1. The minimum absolute atomic E-state index is 0.0146. The van der Waals surface area contributed by atoms with Gasteiger partial charge < -0.3 is 9.88 Å². The molecule has 0 radical (unpaired) electrons. The molecule has 1 amide bonds. The maximum atomic E-state index is 12.2. The smallest absolute Gasteiger partial charge is 0.270 e. The van der Waals surface area contributed by atoms with E-state index < -0.39 is 0 Å². The molecule has 0 fully saturated rings. The van der Waals surface area contributed by atoms with Crippen LogP contribution in [0.4, 0.5) is 0 Å². The van der Waals surface area contributed by atoms with Crippen molar-refractivity contribution in [3.8, 4) is 0 Å². The molecule has 0 saturated heterocycles. The summed E-state index contributed by atoms with van der Waals surface area (Å²) in [7, 11) is 1.79. The van der Waals surface area contributed by atoms with Crippen LogP contribution in [0.15, 0.2) is 42.6 Å². The van der Waals surface area contributed by atoms with Crippen LogP contribution in [0, 0.1) is 0 Å². The third-order valence-electron chi connectivity index (χ3n) is 3.06. The van der Waals surface area contributed by atoms with Gasteiger partial charge in [0.15, 0.2) is 0 Å². The number of benzene rings is 1. The highest BCUT2D eigenvalue weighted by molar-refractivity contribution is 6.30. The van der Waals surface area contributed by atoms with Crippen LogP contribution in [0.5, 0.6) is 0 Å². The van der Waals surface area contributed by atoms with Gasteiger partial charge in [0, 0.05) is 13.2 Å². The molecule has 3 nitrogen and oxygen atoms in total. The van der Waals surface area contributed by atoms with Gasteiger partial charge in [0.05, 0.1) is 11.1 Å². The van der Waals surface area contributed by atoms with Gasteiger partial charge in [0.2, 0.25) is 0 Å². The number of rotatable bonds is 3. The first-order chi connectivity index (χ1) is 8.59. The van der Waals surface area contributed by atoms with Crippen molar-refractivity contribution in [2.45, 2.75) is 13.0 Å². The lowest BCUT2D eigenvalue weighted by Gasteiger charge is -2.24. The van der Waals surface area contributed by atoms with Crippen LogP contribution >= 0.6 is 11.6 Å². The van der Waals surface area contributed by atoms with Crippen LogP contribution in [-0.2, 0) is 0 Å². The second kappa shape index (κ2) is 5.27. The molecule has 0 aliphatic carbocycles. The normalized spacial score (nSPS) is 12.2. The van der Waals surface area contributed by atoms with Crippen LogP contribution in [0.2, 0.25) is 5.02 Å². The van der Waals surface area contributed by atoms with Gasteiger partial charge in [-0.25, -0.2) is 0 Å². The van der Waals surface area contributed by atoms with Crippen molar-refractivity contribution in [3.05, 3.63) is 58.9 Å². The molecule has 2 rings (SSSR count). The van der Waals surface area contributed by atoms with Crippen molar-refractivity contribution in [1.82, 2.24) is 9.88 Å². The van der Waals surface area contributed by atoms with E-state index in [-0.39, 0.29) is 11.9 Å². The summed E-state index contributed by atoms with van der Waals surface area (Å²) in [4.78, 5) is 16.8. The molecule has 1 heterocycles. The van der Waals surface area contributed by atoms with Crippen molar-refractivity contribution in [1.29, 1.82) is 0 Å². The number of carbonyl (C=O) groups excluding carboxylic acids is 1. The number of carbonyl (C=O) groups is 1. The summed E-state index contributed by atoms with van der Waals surface area (Å²) in [6, 6.07) is 11.6. The third-order valence-corrected chi connectivity index (χ3v) is 3.28. The van der Waals surface area contributed by atoms with E-state index in [9.17, 15) is 4.79 Å². The summed E-state index contributed by atoms with van der Waals surface area (Å²) < 4.78 is 0. The Balaban J connectivity index is 2.16. The monoisotopic (exact) mass is 262 g/mol. The van der Waals surface area contributed by atoms with Gasteiger partial charge in [-0.05, 0) is 18.6 Å². The van der Waals surface area contributed by atoms with E-state index in [0.29, 0.717) is 10.7 Å². The van der Waals surface area contributed by atoms with Crippen LogP contribution in [-0.4, -0.2) is 22.8 Å². The van der Waals surface area contributed by atoms with Crippen molar-refractivity contribution in [3.63, 3.8) is 0 Å². The Labute approximate surface area is 111 Å². The molecule has 1 unspecified atom stereocenters. The predicted octanol–water partition coefficient (Wildman–Crippen LogP) is 3.50. The quantitative estimate of drug-likeness (QED) is 0.903. The fraction of sp³-hybridized carbons (Fsp3) is 0.214. The van der Waals surface area contributed by atoms with Crippen LogP contribution in [0.1, 0.15) is 29.0 Å². The second-order valence-corrected chi connectivity index (χ2v) is 4.67. The molecule has 1 aromatic heterocycles. The Morgan fingerprint density at radius 1 is 1.33 bits per heavy atom. The number of amides is 1. The fourth-order valence-corrected chi connectivity index (χ4v) is 1.98. The predicted molar refractivity (Wildman–Crippen MR) is 72.8 cm³/mol. The molecule has 1 atom stereocenters. The van der Waals surface area contributed by atoms with E-state index in [1.165, 1.54) is 0 Å². The lowest BCUT2D eigenvalue weighted by atomic mass is 10.1. The number of aromatic nitrogens is 1. The molecule has 0 spiro atoms. The van der Waals surface area contributed by atoms with Gasteiger partial charge in [-0.1, -0.05) is 41.9 Å². The molecule has 2 aromatic rings. The van der Waals surface area contributed by atoms with E-state index in [1.807, 2.05) is 37.3 Å². The number of H-pyrrole nitrogens is 1. The molecule has 1 N–H and O–H groups in total. The highest BCUT2D eigenvalue weighted by atomic mass is 35.5. The average Bonchev–Trinajstić information content (AvgIpc) is 2.84. The topological polar surface area (TPSA) is 36.1 Å². The molecule has 1 aromatic carbocycles. The molecular weight excluding hydrogens is 248 g/mol. The Morgan fingerprint density at radius 3 is 2.56 bits per heavy atom. The van der Waals surface area contributed by atoms with Crippen LogP contribution in [0.3, 0.4) is 0 Å². The van der Waals surface area contributed by atoms with Gasteiger partial charge in [-0.2, -0.15) is 0 Å². The van der Waals surface area contributed by atoms with Gasteiger partial charge in [0.25, 0.3) is 5.91 Å². The molecule has 4 heteroatoms. The largest absolute Gasteiger partial charge is 0.356 e. The second-order valence-electron chi connectivity index (χ2n) is 4.23. The van der Waals surface area contributed by atoms with E-state index in [2.05, 4.69) is 4.98 Å². The van der Waals surface area contributed by atoms with E-state index in [4.69, 9.17) is 11.6 Å². The number of halogens is 1. The lowest BCUT2D eigenvalue weighted by molar-refractivity contribution is 0.0737. The minimum atomic E-state index is -0.0711. The Bertz CT molecular complexity index is 536. The molecular formula is C14H15ClN2O. The Hall–Kier alpha value is -1.74. The van der Waals surface area contributed by atoms with Gasteiger partial charge in [-0.3, -0.25) is 4.79 Å². The molecule has 18 heavy (non-hydrogen) atoms. The molecule has 94 valence electrons. The first-order valence-electron chi connectivity index (χ1n) is 5.75. The summed E-state index contributed by atoms with van der Waals surface area (Å²) in [6.45, 7) is 2.00. The van der Waals surface area contributed by atoms with Gasteiger partial charge >= 0.3 is 0 Å². The summed E-state index contributed by atoms with van der Waals surface area (Å²) in [5.41, 5.74) is 1.61. The number of hydrogen-bond donors (Lipinski definition) is 1. The molecule has 0 aliphatic rings. The SMILES string of the molecule is CC(c1ccccc1)N(C)C(=O)c1cc(Cl)c[nH]1. The zero-order chi connectivity index (χ0) is 13.1. The Morgan fingerprint density at radius 2 is 2.00 bits per heavy atom. The average molecular weight is 263 g/mol. The van der Waals surface area contributed by atoms with E-state index in [1.54, 1.807) is 24.2 Å². The third kappa shape index (κ3) is 2.57. The summed E-state index contributed by atoms with van der Waals surface area (Å²) in [5, 5.41) is 0.541. The van der Waals surface area contributed by atoms with Crippen molar-refractivity contribution >= 4 is 17.5 Å². The molecule has 0 saturated carbocycles. The first kappa shape index (κ1) is 12.7. The highest BCUT2D eigenvalue weighted by Gasteiger charge is 2.19. The number of hydrogen-bond acceptors (Lipinski definition) is 1. The zero-order valence-corrected chi connectivity index (χ0v) is 11.1. The van der Waals surface area contributed by atoms with Crippen molar-refractivity contribution in [2.75, 3.05) is 7.05 Å². The van der Waals surface area contributed by atoms with Crippen LogP contribution < -0.4 is 0 Å². The summed E-state index contributed by atoms with van der Waals surface area (Å²) in [6.07, 6.45) is 1.61. The molecule has 0 aliphatic heterocycles. The van der Waals surface area contributed by atoms with Crippen molar-refractivity contribution in [2.24, 2.45) is 0 Å². The van der Waals surface area contributed by atoms with E-state index in [0.717, 1.165) is 5.56 Å². The first-order valence-corrected chi connectivity index (χ1v) is 6.13. The molecule has 0 bridgehead atoms. The summed E-state index contributed by atoms with van der Waals surface area (Å²) >= 11 is 5.80. The maximum Gasteiger partial charge on any atom is 0.270 e. The minimum Gasteiger partial charge on any atom is -0.356 e. The maximum absolute atomic E-state index is 12.2. The van der Waals surface area contributed by atoms with Gasteiger partial charge in [0.1, 0.15) is 5.69 Å². The van der Waals surface area contributed by atoms with E-state index >= 15 is 0 Å². The number of aromatic amines is 1. The zero-order valence-electron chi connectivity index (χ0n) is 10.4.